The van der Waals surface area contributed by atoms with Crippen LogP contribution in [0, 0.1) is 5.92 Å². The van der Waals surface area contributed by atoms with E-state index in [9.17, 15) is 5.11 Å². The number of hydrogen-bond acceptors (Lipinski definition) is 4. The van der Waals surface area contributed by atoms with E-state index >= 15 is 0 Å². The van der Waals surface area contributed by atoms with Gasteiger partial charge in [-0.15, -0.1) is 0 Å². The lowest BCUT2D eigenvalue weighted by Gasteiger charge is -2.21. The Morgan fingerprint density at radius 2 is 1.70 bits per heavy atom. The zero-order valence-corrected chi connectivity index (χ0v) is 13.6. The monoisotopic (exact) mass is 289 g/mol. The van der Waals surface area contributed by atoms with E-state index in [2.05, 4.69) is 26.1 Å². The molecule has 0 aromatic carbocycles. The van der Waals surface area contributed by atoms with Gasteiger partial charge in [-0.3, -0.25) is 0 Å². The van der Waals surface area contributed by atoms with Crippen molar-refractivity contribution in [1.82, 2.24) is 5.32 Å². The first-order valence-electron chi connectivity index (χ1n) is 8.21. The maximum Gasteiger partial charge on any atom is 0.0897 e. The molecular formula is C16H35NO3. The molecule has 20 heavy (non-hydrogen) atoms. The smallest absolute Gasteiger partial charge is 0.0897 e. The van der Waals surface area contributed by atoms with Crippen molar-refractivity contribution in [3.8, 4) is 0 Å². The first-order chi connectivity index (χ1) is 9.61. The number of aliphatic hydroxyl groups excluding tert-OH is 2. The predicted molar refractivity (Wildman–Crippen MR) is 83.9 cm³/mol. The van der Waals surface area contributed by atoms with E-state index < -0.39 is 6.10 Å². The van der Waals surface area contributed by atoms with Crippen molar-refractivity contribution < 1.29 is 14.9 Å². The second-order valence-corrected chi connectivity index (χ2v) is 5.94. The van der Waals surface area contributed by atoms with Crippen LogP contribution in [0.1, 0.15) is 59.3 Å². The van der Waals surface area contributed by atoms with E-state index in [0.717, 1.165) is 13.0 Å². The van der Waals surface area contributed by atoms with Crippen LogP contribution in [-0.2, 0) is 4.74 Å². The highest BCUT2D eigenvalue weighted by molar-refractivity contribution is 4.71. The van der Waals surface area contributed by atoms with Crippen LogP contribution in [-0.4, -0.2) is 48.7 Å². The molecule has 0 aromatic rings. The molecule has 0 spiro atoms. The van der Waals surface area contributed by atoms with E-state index in [4.69, 9.17) is 9.84 Å². The maximum absolute atomic E-state index is 9.78. The lowest BCUT2D eigenvalue weighted by molar-refractivity contribution is 0.0318. The minimum Gasteiger partial charge on any atom is -0.395 e. The Bertz CT molecular complexity index is 200. The summed E-state index contributed by atoms with van der Waals surface area (Å²) in [5.41, 5.74) is 0. The van der Waals surface area contributed by atoms with Gasteiger partial charge in [0.05, 0.1) is 19.3 Å². The highest BCUT2D eigenvalue weighted by Crippen LogP contribution is 2.05. The Hall–Kier alpha value is -0.160. The fraction of sp³-hybridized carbons (Fsp3) is 1.00. The van der Waals surface area contributed by atoms with E-state index in [-0.39, 0.29) is 12.6 Å². The summed E-state index contributed by atoms with van der Waals surface area (Å²) in [5, 5.41) is 22.1. The van der Waals surface area contributed by atoms with Crippen LogP contribution in [0.15, 0.2) is 0 Å². The lowest BCUT2D eigenvalue weighted by Crippen LogP contribution is -2.42. The summed E-state index contributed by atoms with van der Waals surface area (Å²) in [7, 11) is 0. The molecule has 3 N–H and O–H groups in total. The van der Waals surface area contributed by atoms with E-state index in [0.29, 0.717) is 19.1 Å². The zero-order chi connectivity index (χ0) is 15.2. The van der Waals surface area contributed by atoms with Crippen molar-refractivity contribution in [3.05, 3.63) is 0 Å². The number of rotatable bonds is 14. The molecule has 4 heteroatoms. The Labute approximate surface area is 124 Å². The molecular weight excluding hydrogens is 254 g/mol. The Kier molecular flexibility index (Phi) is 13.7. The average molecular weight is 289 g/mol. The molecule has 0 aliphatic heterocycles. The molecule has 0 aromatic heterocycles. The third kappa shape index (κ3) is 11.6. The van der Waals surface area contributed by atoms with Gasteiger partial charge >= 0.3 is 0 Å². The van der Waals surface area contributed by atoms with Gasteiger partial charge in [0, 0.05) is 19.2 Å². The minimum absolute atomic E-state index is 0.0446. The molecule has 0 saturated carbocycles. The molecule has 0 rings (SSSR count). The van der Waals surface area contributed by atoms with Crippen molar-refractivity contribution in [1.29, 1.82) is 0 Å². The van der Waals surface area contributed by atoms with Gasteiger partial charge in [0.25, 0.3) is 0 Å². The molecule has 0 fully saturated rings. The maximum atomic E-state index is 9.78. The second kappa shape index (κ2) is 13.8. The fourth-order valence-electron chi connectivity index (χ4n) is 2.06. The van der Waals surface area contributed by atoms with Crippen LogP contribution in [0.3, 0.4) is 0 Å². The first-order valence-corrected chi connectivity index (χ1v) is 8.21. The summed E-state index contributed by atoms with van der Waals surface area (Å²) < 4.78 is 5.48. The third-order valence-corrected chi connectivity index (χ3v) is 3.57. The van der Waals surface area contributed by atoms with Crippen molar-refractivity contribution in [3.63, 3.8) is 0 Å². The van der Waals surface area contributed by atoms with E-state index in [1.54, 1.807) is 0 Å². The van der Waals surface area contributed by atoms with Crippen molar-refractivity contribution in [2.75, 3.05) is 26.4 Å². The summed E-state index contributed by atoms with van der Waals surface area (Å²) >= 11 is 0. The van der Waals surface area contributed by atoms with Gasteiger partial charge in [-0.1, -0.05) is 52.9 Å². The zero-order valence-electron chi connectivity index (χ0n) is 13.6. The van der Waals surface area contributed by atoms with Crippen molar-refractivity contribution in [2.24, 2.45) is 5.92 Å². The van der Waals surface area contributed by atoms with E-state index in [1.165, 1.54) is 32.1 Å². The minimum atomic E-state index is -0.497. The average Bonchev–Trinajstić information content (AvgIpc) is 2.42. The molecule has 0 bridgehead atoms. The van der Waals surface area contributed by atoms with Crippen molar-refractivity contribution in [2.45, 2.75) is 71.4 Å². The third-order valence-electron chi connectivity index (χ3n) is 3.57. The summed E-state index contributed by atoms with van der Waals surface area (Å²) in [6, 6.07) is 0.0446. The van der Waals surface area contributed by atoms with Crippen LogP contribution < -0.4 is 5.32 Å². The van der Waals surface area contributed by atoms with Crippen LogP contribution in [0.25, 0.3) is 0 Å². The quantitative estimate of drug-likeness (QED) is 0.430. The van der Waals surface area contributed by atoms with Crippen LogP contribution >= 0.6 is 0 Å². The van der Waals surface area contributed by atoms with Gasteiger partial charge < -0.3 is 20.3 Å². The molecule has 0 heterocycles. The second-order valence-electron chi connectivity index (χ2n) is 5.94. The van der Waals surface area contributed by atoms with Gasteiger partial charge in [0.15, 0.2) is 0 Å². The topological polar surface area (TPSA) is 61.7 Å². The molecule has 0 aliphatic rings. The largest absolute Gasteiger partial charge is 0.395 e. The highest BCUT2D eigenvalue weighted by Gasteiger charge is 2.13. The summed E-state index contributed by atoms with van der Waals surface area (Å²) in [5.74, 6) is 0.358. The SMILES string of the molecule is CCCCCCCCOCC(O)CN[C@H](CO)C(C)C. The Morgan fingerprint density at radius 3 is 2.30 bits per heavy atom. The number of hydrogen-bond donors (Lipinski definition) is 3. The van der Waals surface area contributed by atoms with Gasteiger partial charge in [-0.25, -0.2) is 0 Å². The lowest BCUT2D eigenvalue weighted by atomic mass is 10.1. The number of nitrogens with one attached hydrogen (secondary N) is 1. The molecule has 2 atom stereocenters. The Balaban J connectivity index is 3.38. The van der Waals surface area contributed by atoms with Gasteiger partial charge in [-0.05, 0) is 12.3 Å². The molecule has 0 radical (unpaired) electrons. The van der Waals surface area contributed by atoms with E-state index in [1.807, 2.05) is 0 Å². The molecule has 122 valence electrons. The van der Waals surface area contributed by atoms with Gasteiger partial charge in [0.2, 0.25) is 0 Å². The first kappa shape index (κ1) is 19.8. The van der Waals surface area contributed by atoms with Crippen LogP contribution in [0.4, 0.5) is 0 Å². The van der Waals surface area contributed by atoms with Crippen LogP contribution in [0.2, 0.25) is 0 Å². The number of ether oxygens (including phenoxy) is 1. The summed E-state index contributed by atoms with van der Waals surface area (Å²) in [4.78, 5) is 0. The molecule has 4 nitrogen and oxygen atoms in total. The highest BCUT2D eigenvalue weighted by atomic mass is 16.5. The Morgan fingerprint density at radius 1 is 1.05 bits per heavy atom. The van der Waals surface area contributed by atoms with Gasteiger partial charge in [-0.2, -0.15) is 0 Å². The molecule has 1 unspecified atom stereocenters. The van der Waals surface area contributed by atoms with Gasteiger partial charge in [0.1, 0.15) is 0 Å². The van der Waals surface area contributed by atoms with Crippen molar-refractivity contribution >= 4 is 0 Å². The van der Waals surface area contributed by atoms with Crippen LogP contribution in [0.5, 0.6) is 0 Å². The summed E-state index contributed by atoms with van der Waals surface area (Å²) in [6.45, 7) is 8.00. The predicted octanol–water partition coefficient (Wildman–Crippen LogP) is 2.33. The number of unbranched alkanes of at least 4 members (excludes halogenated alkanes) is 5. The molecule has 0 amide bonds. The normalized spacial score (nSPS) is 14.7. The number of aliphatic hydroxyl groups is 2. The summed E-state index contributed by atoms with van der Waals surface area (Å²) in [6.07, 6.45) is 7.01. The standard InChI is InChI=1S/C16H35NO3/c1-4-5-6-7-8-9-10-20-13-15(19)11-17-16(12-18)14(2)3/h14-19H,4-13H2,1-3H3/t15?,16-/m1/s1. The fourth-order valence-corrected chi connectivity index (χ4v) is 2.06. The molecule has 0 saturated heterocycles. The molecule has 0 aliphatic carbocycles.